The monoisotopic (exact) mass is 714 g/mol. The van der Waals surface area contributed by atoms with Crippen molar-refractivity contribution in [1.82, 2.24) is 19.1 Å². The molecule has 3 heterocycles. The highest BCUT2D eigenvalue weighted by Crippen LogP contribution is 2.38. The average Bonchev–Trinajstić information content (AvgIpc) is 3.79. The molecule has 0 fully saturated rings. The van der Waals surface area contributed by atoms with E-state index < -0.39 is 0 Å². The van der Waals surface area contributed by atoms with Gasteiger partial charge in [0.05, 0.1) is 27.8 Å². The van der Waals surface area contributed by atoms with Gasteiger partial charge in [-0.05, 0) is 81.9 Å². The van der Waals surface area contributed by atoms with Gasteiger partial charge in [0, 0.05) is 39.0 Å². The number of hydrogen-bond donors (Lipinski definition) is 0. The van der Waals surface area contributed by atoms with Crippen molar-refractivity contribution in [3.05, 3.63) is 206 Å². The van der Waals surface area contributed by atoms with Gasteiger partial charge in [0.25, 0.3) is 0 Å². The number of nitrogens with zero attached hydrogens (tertiary/aromatic N) is 4. The molecular formula is C52H34N4. The van der Waals surface area contributed by atoms with Gasteiger partial charge in [0.2, 0.25) is 5.95 Å². The molecule has 4 nitrogen and oxygen atoms in total. The zero-order valence-electron chi connectivity index (χ0n) is 30.4. The van der Waals surface area contributed by atoms with Crippen LogP contribution in [-0.4, -0.2) is 19.1 Å². The van der Waals surface area contributed by atoms with Crippen molar-refractivity contribution in [2.75, 3.05) is 0 Å². The minimum absolute atomic E-state index is 0.649. The van der Waals surface area contributed by atoms with Gasteiger partial charge in [-0.15, -0.1) is 0 Å². The molecule has 0 bridgehead atoms. The number of benzene rings is 8. The van der Waals surface area contributed by atoms with E-state index in [0.717, 1.165) is 33.5 Å². The lowest BCUT2D eigenvalue weighted by Gasteiger charge is -2.10. The molecule has 0 spiro atoms. The van der Waals surface area contributed by atoms with Crippen LogP contribution in [0.15, 0.2) is 206 Å². The summed E-state index contributed by atoms with van der Waals surface area (Å²) in [4.78, 5) is 9.99. The number of hydrogen-bond acceptors (Lipinski definition) is 2. The topological polar surface area (TPSA) is 35.6 Å². The number of fused-ring (bicyclic) bond motifs is 6. The Morgan fingerprint density at radius 2 is 0.786 bits per heavy atom. The van der Waals surface area contributed by atoms with Crippen molar-refractivity contribution in [1.29, 1.82) is 0 Å². The Hall–Kier alpha value is -7.56. The minimum Gasteiger partial charge on any atom is -0.309 e. The molecule has 0 unspecified atom stereocenters. The lowest BCUT2D eigenvalue weighted by atomic mass is 9.99. The minimum atomic E-state index is 0.649. The Morgan fingerprint density at radius 1 is 0.304 bits per heavy atom. The quantitative estimate of drug-likeness (QED) is 0.172. The van der Waals surface area contributed by atoms with Crippen LogP contribution in [0.5, 0.6) is 0 Å². The van der Waals surface area contributed by atoms with E-state index in [1.807, 2.05) is 18.3 Å². The zero-order valence-corrected chi connectivity index (χ0v) is 30.4. The van der Waals surface area contributed by atoms with E-state index >= 15 is 0 Å². The van der Waals surface area contributed by atoms with Crippen molar-refractivity contribution in [2.24, 2.45) is 0 Å². The predicted octanol–water partition coefficient (Wildman–Crippen LogP) is 13.3. The fourth-order valence-electron chi connectivity index (χ4n) is 8.31. The van der Waals surface area contributed by atoms with E-state index in [1.165, 1.54) is 60.4 Å². The summed E-state index contributed by atoms with van der Waals surface area (Å²) in [7, 11) is 0. The molecule has 56 heavy (non-hydrogen) atoms. The van der Waals surface area contributed by atoms with Gasteiger partial charge in [0.15, 0.2) is 0 Å². The fourth-order valence-corrected chi connectivity index (χ4v) is 8.31. The summed E-state index contributed by atoms with van der Waals surface area (Å²) < 4.78 is 4.57. The Labute approximate surface area is 324 Å². The highest BCUT2D eigenvalue weighted by molar-refractivity contribution is 6.12. The molecule has 11 rings (SSSR count). The van der Waals surface area contributed by atoms with Gasteiger partial charge in [-0.25, -0.2) is 9.97 Å². The van der Waals surface area contributed by atoms with Crippen LogP contribution in [0.25, 0.3) is 99.9 Å². The van der Waals surface area contributed by atoms with Gasteiger partial charge in [-0.2, -0.15) is 0 Å². The smallest absolute Gasteiger partial charge is 0.235 e. The number of rotatable bonds is 6. The molecule has 0 saturated carbocycles. The number of para-hydroxylation sites is 3. The third-order valence-corrected chi connectivity index (χ3v) is 11.0. The van der Waals surface area contributed by atoms with E-state index in [4.69, 9.17) is 9.97 Å². The molecule has 4 heteroatoms. The zero-order chi connectivity index (χ0) is 37.0. The SMILES string of the molecule is c1ccc(-c2ccc(-c3ccc(-c4ccnc(-n5c6ccccc6c6cc(-c7ccc8c9ccccc9n(-c9ccccc9)c8c7)ccc65)n4)cc3)cc2)cc1. The lowest BCUT2D eigenvalue weighted by Crippen LogP contribution is -2.01. The van der Waals surface area contributed by atoms with Gasteiger partial charge in [-0.3, -0.25) is 4.57 Å². The van der Waals surface area contributed by atoms with Gasteiger partial charge < -0.3 is 4.57 Å². The second-order valence-electron chi connectivity index (χ2n) is 14.3. The largest absolute Gasteiger partial charge is 0.309 e. The maximum absolute atomic E-state index is 5.16. The lowest BCUT2D eigenvalue weighted by molar-refractivity contribution is 0.992. The summed E-state index contributed by atoms with van der Waals surface area (Å²) in [6.07, 6.45) is 1.86. The molecular weight excluding hydrogens is 681 g/mol. The van der Waals surface area contributed by atoms with E-state index in [2.05, 4.69) is 197 Å². The van der Waals surface area contributed by atoms with Crippen molar-refractivity contribution in [3.8, 4) is 56.3 Å². The van der Waals surface area contributed by atoms with Crippen molar-refractivity contribution in [3.63, 3.8) is 0 Å². The highest BCUT2D eigenvalue weighted by atomic mass is 15.2. The Balaban J connectivity index is 0.966. The second kappa shape index (κ2) is 13.1. The van der Waals surface area contributed by atoms with Crippen molar-refractivity contribution < 1.29 is 0 Å². The third-order valence-electron chi connectivity index (χ3n) is 11.0. The fraction of sp³-hybridized carbons (Fsp3) is 0. The van der Waals surface area contributed by atoms with E-state index in [-0.39, 0.29) is 0 Å². The van der Waals surface area contributed by atoms with E-state index in [1.54, 1.807) is 0 Å². The van der Waals surface area contributed by atoms with Crippen molar-refractivity contribution in [2.45, 2.75) is 0 Å². The molecule has 0 radical (unpaired) electrons. The normalized spacial score (nSPS) is 11.6. The first-order chi connectivity index (χ1) is 27.8. The van der Waals surface area contributed by atoms with Crippen LogP contribution in [-0.2, 0) is 0 Å². The molecule has 3 aromatic heterocycles. The number of aromatic nitrogens is 4. The Kier molecular flexibility index (Phi) is 7.46. The standard InChI is InChI=1S/C52H34N4/c1-3-11-35(12-4-1)36-19-21-37(22-20-36)38-23-25-39(26-24-38)47-31-32-53-52(54-47)56-49-18-10-8-16-44(49)46-33-40(28-30-50(46)56)41-27-29-45-43-15-7-9-17-48(43)55(51(45)34-41)42-13-5-2-6-14-42/h1-34H. The van der Waals surface area contributed by atoms with Gasteiger partial charge in [-0.1, -0.05) is 152 Å². The van der Waals surface area contributed by atoms with Crippen molar-refractivity contribution >= 4 is 43.6 Å². The molecule has 0 aliphatic carbocycles. The maximum Gasteiger partial charge on any atom is 0.235 e. The summed E-state index contributed by atoms with van der Waals surface area (Å²) in [5.74, 6) is 0.649. The summed E-state index contributed by atoms with van der Waals surface area (Å²) in [5, 5.41) is 4.83. The molecule has 11 aromatic rings. The first-order valence-electron chi connectivity index (χ1n) is 19.0. The van der Waals surface area contributed by atoms with Crippen LogP contribution >= 0.6 is 0 Å². The maximum atomic E-state index is 5.16. The van der Waals surface area contributed by atoms with Crippen LogP contribution in [0.1, 0.15) is 0 Å². The first kappa shape index (κ1) is 31.9. The van der Waals surface area contributed by atoms with Gasteiger partial charge in [0.1, 0.15) is 0 Å². The highest BCUT2D eigenvalue weighted by Gasteiger charge is 2.17. The average molecular weight is 715 g/mol. The van der Waals surface area contributed by atoms with E-state index in [9.17, 15) is 0 Å². The third kappa shape index (κ3) is 5.31. The Morgan fingerprint density at radius 3 is 1.48 bits per heavy atom. The van der Waals surface area contributed by atoms with Crippen LogP contribution in [0, 0.1) is 0 Å². The summed E-state index contributed by atoms with van der Waals surface area (Å²) in [5.41, 5.74) is 14.7. The molecule has 0 aliphatic heterocycles. The summed E-state index contributed by atoms with van der Waals surface area (Å²) in [6, 6.07) is 71.4. The molecule has 0 N–H and O–H groups in total. The second-order valence-corrected chi connectivity index (χ2v) is 14.3. The molecule has 8 aromatic carbocycles. The van der Waals surface area contributed by atoms with Crippen LogP contribution in [0.4, 0.5) is 0 Å². The predicted molar refractivity (Wildman–Crippen MR) is 232 cm³/mol. The molecule has 262 valence electrons. The summed E-state index contributed by atoms with van der Waals surface area (Å²) >= 11 is 0. The van der Waals surface area contributed by atoms with Gasteiger partial charge >= 0.3 is 0 Å². The molecule has 0 atom stereocenters. The van der Waals surface area contributed by atoms with E-state index in [0.29, 0.717) is 5.95 Å². The van der Waals surface area contributed by atoms with Crippen LogP contribution in [0.3, 0.4) is 0 Å². The summed E-state index contributed by atoms with van der Waals surface area (Å²) in [6.45, 7) is 0. The molecule has 0 amide bonds. The molecule has 0 aliphatic rings. The molecule has 0 saturated heterocycles. The first-order valence-corrected chi connectivity index (χ1v) is 19.0. The van der Waals surface area contributed by atoms with Crippen LogP contribution < -0.4 is 0 Å². The van der Waals surface area contributed by atoms with Crippen LogP contribution in [0.2, 0.25) is 0 Å². The Bertz CT molecular complexity index is 3210.